The van der Waals surface area contributed by atoms with Crippen molar-refractivity contribution in [1.29, 1.82) is 0 Å². The summed E-state index contributed by atoms with van der Waals surface area (Å²) in [4.78, 5) is 10.1. The van der Waals surface area contributed by atoms with Crippen LogP contribution in [0.15, 0.2) is 12.1 Å². The van der Waals surface area contributed by atoms with E-state index in [1.807, 2.05) is 13.8 Å². The van der Waals surface area contributed by atoms with Crippen molar-refractivity contribution in [3.05, 3.63) is 32.3 Å². The molecule has 0 heterocycles. The lowest BCUT2D eigenvalue weighted by Crippen LogP contribution is -2.35. The van der Waals surface area contributed by atoms with E-state index < -0.39 is 4.92 Å². The van der Waals surface area contributed by atoms with Crippen LogP contribution in [0.25, 0.3) is 0 Å². The summed E-state index contributed by atoms with van der Waals surface area (Å²) < 4.78 is 0. The highest BCUT2D eigenvalue weighted by Gasteiger charge is 2.24. The zero-order valence-electron chi connectivity index (χ0n) is 10.7. The predicted molar refractivity (Wildman–Crippen MR) is 77.1 cm³/mol. The van der Waals surface area contributed by atoms with Gasteiger partial charge in [-0.15, -0.1) is 0 Å². The number of anilines is 1. The van der Waals surface area contributed by atoms with Gasteiger partial charge in [-0.2, -0.15) is 0 Å². The summed E-state index contributed by atoms with van der Waals surface area (Å²) in [6.45, 7) is 3.92. The van der Waals surface area contributed by atoms with Gasteiger partial charge in [0.1, 0.15) is 0 Å². The topological polar surface area (TPSA) is 75.4 Å². The number of nitro groups is 1. The van der Waals surface area contributed by atoms with Crippen molar-refractivity contribution in [2.75, 3.05) is 11.9 Å². The summed E-state index contributed by atoms with van der Waals surface area (Å²) in [6.07, 6.45) is 1.27. The molecular weight excluding hydrogens is 291 g/mol. The number of nitrogens with zero attached hydrogens (tertiary/aromatic N) is 1. The first-order valence-corrected chi connectivity index (χ1v) is 6.61. The van der Waals surface area contributed by atoms with Crippen LogP contribution in [0.2, 0.25) is 10.0 Å². The highest BCUT2D eigenvalue weighted by atomic mass is 35.5. The first-order chi connectivity index (χ1) is 8.83. The van der Waals surface area contributed by atoms with E-state index in [1.165, 1.54) is 12.1 Å². The molecule has 0 fully saturated rings. The smallest absolute Gasteiger partial charge is 0.272 e. The molecule has 1 aromatic carbocycles. The van der Waals surface area contributed by atoms with Gasteiger partial charge >= 0.3 is 0 Å². The molecule has 2 N–H and O–H groups in total. The molecule has 1 unspecified atom stereocenters. The number of rotatable bonds is 6. The fourth-order valence-corrected chi connectivity index (χ4v) is 2.23. The summed E-state index contributed by atoms with van der Waals surface area (Å²) >= 11 is 12.1. The van der Waals surface area contributed by atoms with E-state index in [4.69, 9.17) is 28.3 Å². The molecule has 0 aliphatic rings. The standard InChI is InChI=1S/C12H16Cl2N2O3/c1-3-12(2,4-5-17)15-11-9(13)6-8(16(18)19)7-10(11)14/h6-7,15,17H,3-5H2,1-2H3. The van der Waals surface area contributed by atoms with Gasteiger partial charge < -0.3 is 10.4 Å². The first kappa shape index (κ1) is 16.0. The quantitative estimate of drug-likeness (QED) is 0.618. The Morgan fingerprint density at radius 1 is 1.42 bits per heavy atom. The van der Waals surface area contributed by atoms with Crippen LogP contribution in [0.1, 0.15) is 26.7 Å². The largest absolute Gasteiger partial charge is 0.396 e. The summed E-state index contributed by atoms with van der Waals surface area (Å²) in [5.41, 5.74) is -0.0781. The van der Waals surface area contributed by atoms with Gasteiger partial charge in [0, 0.05) is 24.3 Å². The number of halogens is 2. The van der Waals surface area contributed by atoms with Crippen LogP contribution in [0.5, 0.6) is 0 Å². The Balaban J connectivity index is 3.11. The van der Waals surface area contributed by atoms with Gasteiger partial charge in [0.15, 0.2) is 0 Å². The maximum atomic E-state index is 10.7. The Labute approximate surface area is 121 Å². The monoisotopic (exact) mass is 306 g/mol. The van der Waals surface area contributed by atoms with E-state index in [0.717, 1.165) is 6.42 Å². The third kappa shape index (κ3) is 3.96. The summed E-state index contributed by atoms with van der Waals surface area (Å²) in [7, 11) is 0. The highest BCUT2D eigenvalue weighted by Crippen LogP contribution is 2.37. The molecular formula is C12H16Cl2N2O3. The van der Waals surface area contributed by atoms with Gasteiger partial charge in [-0.25, -0.2) is 0 Å². The van der Waals surface area contributed by atoms with Crippen LogP contribution in [-0.2, 0) is 0 Å². The van der Waals surface area contributed by atoms with Crippen molar-refractivity contribution in [2.45, 2.75) is 32.2 Å². The molecule has 5 nitrogen and oxygen atoms in total. The van der Waals surface area contributed by atoms with E-state index in [-0.39, 0.29) is 27.9 Å². The number of aliphatic hydroxyl groups excluding tert-OH is 1. The van der Waals surface area contributed by atoms with Crippen LogP contribution >= 0.6 is 23.2 Å². The summed E-state index contributed by atoms with van der Waals surface area (Å²) in [5, 5.41) is 23.3. The van der Waals surface area contributed by atoms with Gasteiger partial charge in [0.05, 0.1) is 20.7 Å². The Hall–Kier alpha value is -1.04. The van der Waals surface area contributed by atoms with Crippen LogP contribution in [0.3, 0.4) is 0 Å². The third-order valence-corrected chi connectivity index (χ3v) is 3.70. The van der Waals surface area contributed by atoms with Gasteiger partial charge in [-0.3, -0.25) is 10.1 Å². The molecule has 0 aromatic heterocycles. The molecule has 19 heavy (non-hydrogen) atoms. The number of aliphatic hydroxyl groups is 1. The second kappa shape index (κ2) is 6.41. The SMILES string of the molecule is CCC(C)(CCO)Nc1c(Cl)cc([N+](=O)[O-])cc1Cl. The maximum Gasteiger partial charge on any atom is 0.272 e. The average Bonchev–Trinajstić information content (AvgIpc) is 2.34. The molecule has 0 radical (unpaired) electrons. The van der Waals surface area contributed by atoms with Crippen LogP contribution in [0.4, 0.5) is 11.4 Å². The van der Waals surface area contributed by atoms with E-state index >= 15 is 0 Å². The van der Waals surface area contributed by atoms with Gasteiger partial charge in [0.2, 0.25) is 0 Å². The number of nitrogens with one attached hydrogen (secondary N) is 1. The zero-order valence-corrected chi connectivity index (χ0v) is 12.3. The fraction of sp³-hybridized carbons (Fsp3) is 0.500. The zero-order chi connectivity index (χ0) is 14.6. The molecule has 106 valence electrons. The second-order valence-electron chi connectivity index (χ2n) is 4.55. The molecule has 0 aliphatic heterocycles. The number of nitro benzene ring substituents is 1. The van der Waals surface area contributed by atoms with E-state index in [1.54, 1.807) is 0 Å². The minimum Gasteiger partial charge on any atom is -0.396 e. The normalized spacial score (nSPS) is 13.9. The van der Waals surface area contributed by atoms with E-state index in [9.17, 15) is 10.1 Å². The summed E-state index contributed by atoms with van der Waals surface area (Å²) in [5.74, 6) is 0. The average molecular weight is 307 g/mol. The molecule has 7 heteroatoms. The van der Waals surface area contributed by atoms with Crippen molar-refractivity contribution in [3.63, 3.8) is 0 Å². The van der Waals surface area contributed by atoms with Crippen LogP contribution in [-0.4, -0.2) is 22.2 Å². The van der Waals surface area contributed by atoms with Gasteiger partial charge in [-0.05, 0) is 19.8 Å². The van der Waals surface area contributed by atoms with Crippen molar-refractivity contribution in [2.24, 2.45) is 0 Å². The predicted octanol–water partition coefficient (Wildman–Crippen LogP) is 3.86. The minimum absolute atomic E-state index is 0.0273. The fourth-order valence-electron chi connectivity index (χ4n) is 1.66. The second-order valence-corrected chi connectivity index (χ2v) is 5.37. The molecule has 0 aliphatic carbocycles. The maximum absolute atomic E-state index is 10.7. The molecule has 0 saturated carbocycles. The Morgan fingerprint density at radius 3 is 2.32 bits per heavy atom. The van der Waals surface area contributed by atoms with Crippen molar-refractivity contribution >= 4 is 34.6 Å². The number of hydrogen-bond acceptors (Lipinski definition) is 4. The first-order valence-electron chi connectivity index (χ1n) is 5.85. The Bertz CT molecular complexity index is 459. The molecule has 1 aromatic rings. The minimum atomic E-state index is -0.547. The van der Waals surface area contributed by atoms with Crippen LogP contribution in [0, 0.1) is 10.1 Å². The van der Waals surface area contributed by atoms with E-state index in [0.29, 0.717) is 12.1 Å². The Morgan fingerprint density at radius 2 is 1.95 bits per heavy atom. The molecule has 1 rings (SSSR count). The summed E-state index contributed by atoms with van der Waals surface area (Å²) in [6, 6.07) is 2.51. The molecule has 0 saturated heterocycles. The van der Waals surface area contributed by atoms with E-state index in [2.05, 4.69) is 5.32 Å². The number of benzene rings is 1. The molecule has 1 atom stereocenters. The lowest BCUT2D eigenvalue weighted by Gasteiger charge is -2.31. The van der Waals surface area contributed by atoms with Gasteiger partial charge in [-0.1, -0.05) is 30.1 Å². The van der Waals surface area contributed by atoms with Crippen molar-refractivity contribution in [3.8, 4) is 0 Å². The molecule has 0 spiro atoms. The van der Waals surface area contributed by atoms with Gasteiger partial charge in [0.25, 0.3) is 5.69 Å². The number of non-ortho nitro benzene ring substituents is 1. The van der Waals surface area contributed by atoms with Crippen LogP contribution < -0.4 is 5.32 Å². The third-order valence-electron chi connectivity index (χ3n) is 3.11. The van der Waals surface area contributed by atoms with Crippen molar-refractivity contribution < 1.29 is 10.0 Å². The van der Waals surface area contributed by atoms with Crippen molar-refractivity contribution in [1.82, 2.24) is 0 Å². The molecule has 0 amide bonds. The lowest BCUT2D eigenvalue weighted by atomic mass is 9.94. The Kier molecular flexibility index (Phi) is 5.40. The lowest BCUT2D eigenvalue weighted by molar-refractivity contribution is -0.384. The highest BCUT2D eigenvalue weighted by molar-refractivity contribution is 6.39. The molecule has 0 bridgehead atoms. The number of hydrogen-bond donors (Lipinski definition) is 2.